The van der Waals surface area contributed by atoms with Crippen molar-refractivity contribution in [1.29, 1.82) is 0 Å². The van der Waals surface area contributed by atoms with Gasteiger partial charge in [0, 0.05) is 16.9 Å². The van der Waals surface area contributed by atoms with E-state index in [-0.39, 0.29) is 26.4 Å². The molecule has 0 spiro atoms. The molecule has 2 amide bonds. The van der Waals surface area contributed by atoms with E-state index in [1.807, 2.05) is 18.2 Å². The van der Waals surface area contributed by atoms with Crippen LogP contribution in [-0.2, 0) is 15.8 Å². The highest BCUT2D eigenvalue weighted by Crippen LogP contribution is 2.40. The van der Waals surface area contributed by atoms with Crippen LogP contribution >= 0.6 is 35.4 Å². The Labute approximate surface area is 241 Å². The number of hydrogen-bond acceptors (Lipinski definition) is 4. The molecule has 0 unspecified atom stereocenters. The summed E-state index contributed by atoms with van der Waals surface area (Å²) in [6, 6.07) is 20.3. The number of amides is 2. The van der Waals surface area contributed by atoms with Gasteiger partial charge in [-0.1, -0.05) is 41.4 Å². The van der Waals surface area contributed by atoms with Gasteiger partial charge in [0.1, 0.15) is 17.1 Å². The van der Waals surface area contributed by atoms with Gasteiger partial charge in [0.25, 0.3) is 11.8 Å². The van der Waals surface area contributed by atoms with Crippen molar-refractivity contribution in [3.63, 3.8) is 0 Å². The van der Waals surface area contributed by atoms with Crippen LogP contribution in [0.4, 0.5) is 18.9 Å². The molecule has 0 bridgehead atoms. The fourth-order valence-electron chi connectivity index (χ4n) is 4.07. The van der Waals surface area contributed by atoms with E-state index in [1.165, 1.54) is 30.5 Å². The average molecular weight is 602 g/mol. The van der Waals surface area contributed by atoms with E-state index >= 15 is 0 Å². The molecule has 1 fully saturated rings. The second kappa shape index (κ2) is 10.8. The number of hydrogen-bond donors (Lipinski definition) is 1. The van der Waals surface area contributed by atoms with Crippen molar-refractivity contribution < 1.29 is 27.5 Å². The van der Waals surface area contributed by atoms with Crippen LogP contribution in [-0.4, -0.2) is 21.5 Å². The summed E-state index contributed by atoms with van der Waals surface area (Å²) in [5.74, 6) is -0.448. The van der Waals surface area contributed by atoms with Crippen molar-refractivity contribution in [2.24, 2.45) is 0 Å². The second-order valence-electron chi connectivity index (χ2n) is 8.45. The zero-order valence-corrected chi connectivity index (χ0v) is 22.4. The first-order valence-corrected chi connectivity index (χ1v) is 12.7. The molecule has 0 radical (unpaired) electrons. The average Bonchev–Trinajstić information content (AvgIpc) is 3.35. The number of nitrogens with zero attached hydrogens (tertiary/aromatic N) is 2. The van der Waals surface area contributed by atoms with Gasteiger partial charge in [-0.25, -0.2) is 0 Å². The molecule has 4 aromatic rings. The van der Waals surface area contributed by atoms with Crippen molar-refractivity contribution in [3.8, 4) is 17.2 Å². The molecule has 40 heavy (non-hydrogen) atoms. The van der Waals surface area contributed by atoms with E-state index in [0.29, 0.717) is 17.2 Å². The Morgan fingerprint density at radius 3 is 2.25 bits per heavy atom. The summed E-state index contributed by atoms with van der Waals surface area (Å²) in [5, 5.41) is 1.84. The third-order valence-electron chi connectivity index (χ3n) is 5.82. The number of benzene rings is 3. The van der Waals surface area contributed by atoms with E-state index in [2.05, 4.69) is 5.32 Å². The third-order valence-corrected chi connectivity index (χ3v) is 6.61. The zero-order chi connectivity index (χ0) is 28.6. The van der Waals surface area contributed by atoms with Gasteiger partial charge in [0.2, 0.25) is 0 Å². The Kier molecular flexibility index (Phi) is 7.41. The SMILES string of the molecule is O=C1NC(=S)N(c2ccc(Oc3ccccc3)cc2)C(=O)C1=Cc1cccn1-c1c(Cl)cc(Cl)cc1C(F)(F)F. The lowest BCUT2D eigenvalue weighted by molar-refractivity contribution is -0.137. The minimum atomic E-state index is -4.78. The number of alkyl halides is 3. The molecule has 1 aromatic heterocycles. The van der Waals surface area contributed by atoms with Crippen LogP contribution in [0.25, 0.3) is 11.8 Å². The number of rotatable bonds is 5. The molecule has 0 atom stereocenters. The quantitative estimate of drug-likeness (QED) is 0.147. The predicted molar refractivity (Wildman–Crippen MR) is 150 cm³/mol. The first-order chi connectivity index (χ1) is 19.0. The number of nitrogens with one attached hydrogen (secondary N) is 1. The lowest BCUT2D eigenvalue weighted by Crippen LogP contribution is -2.54. The summed E-state index contributed by atoms with van der Waals surface area (Å²) in [6.45, 7) is 0. The largest absolute Gasteiger partial charge is 0.457 e. The van der Waals surface area contributed by atoms with Crippen LogP contribution in [0.15, 0.2) is 90.6 Å². The molecule has 1 N–H and O–H groups in total. The molecule has 3 aromatic carbocycles. The lowest BCUT2D eigenvalue weighted by atomic mass is 10.1. The number of anilines is 1. The molecule has 5 rings (SSSR count). The highest BCUT2D eigenvalue weighted by molar-refractivity contribution is 7.80. The number of carbonyl (C=O) groups excluding carboxylic acids is 2. The van der Waals surface area contributed by atoms with Crippen molar-refractivity contribution >= 4 is 64.1 Å². The highest BCUT2D eigenvalue weighted by Gasteiger charge is 2.37. The Hall–Kier alpha value is -4.12. The lowest BCUT2D eigenvalue weighted by Gasteiger charge is -2.29. The molecule has 0 saturated carbocycles. The fraction of sp³-hybridized carbons (Fsp3) is 0.0357. The van der Waals surface area contributed by atoms with Crippen LogP contribution in [0.2, 0.25) is 10.0 Å². The van der Waals surface area contributed by atoms with Gasteiger partial charge in [0.05, 0.1) is 22.0 Å². The van der Waals surface area contributed by atoms with E-state index in [4.69, 9.17) is 40.2 Å². The van der Waals surface area contributed by atoms with E-state index < -0.39 is 29.2 Å². The summed E-state index contributed by atoms with van der Waals surface area (Å²) < 4.78 is 48.5. The van der Waals surface area contributed by atoms with Gasteiger partial charge in [-0.05, 0) is 79.0 Å². The molecule has 0 aliphatic carbocycles. The predicted octanol–water partition coefficient (Wildman–Crippen LogP) is 7.43. The van der Waals surface area contributed by atoms with Gasteiger partial charge >= 0.3 is 6.18 Å². The minimum Gasteiger partial charge on any atom is -0.457 e. The molecule has 2 heterocycles. The Morgan fingerprint density at radius 2 is 1.57 bits per heavy atom. The molecule has 1 aliphatic rings. The van der Waals surface area contributed by atoms with Gasteiger partial charge in [-0.3, -0.25) is 19.8 Å². The number of carbonyl (C=O) groups is 2. The molecular formula is C28H16Cl2F3N3O3S. The minimum absolute atomic E-state index is 0.0904. The van der Waals surface area contributed by atoms with Gasteiger partial charge in [0.15, 0.2) is 5.11 Å². The van der Waals surface area contributed by atoms with Gasteiger partial charge in [-0.2, -0.15) is 13.2 Å². The number of aromatic nitrogens is 1. The standard InChI is InChI=1S/C28H16Cl2F3N3O3S/c29-16-13-22(28(31,32)33)24(23(30)14-16)35-12-4-5-18(35)15-21-25(37)34-27(40)36(26(21)38)17-8-10-20(11-9-17)39-19-6-2-1-3-7-19/h1-15H,(H,34,37,40). The molecule has 12 heteroatoms. The van der Waals surface area contributed by atoms with Gasteiger partial charge in [-0.15, -0.1) is 0 Å². The second-order valence-corrected chi connectivity index (χ2v) is 9.68. The smallest absolute Gasteiger partial charge is 0.418 e. The third kappa shape index (κ3) is 5.46. The van der Waals surface area contributed by atoms with Gasteiger partial charge < -0.3 is 9.30 Å². The highest BCUT2D eigenvalue weighted by atomic mass is 35.5. The van der Waals surface area contributed by atoms with E-state index in [9.17, 15) is 22.8 Å². The van der Waals surface area contributed by atoms with E-state index in [0.717, 1.165) is 15.5 Å². The molecule has 6 nitrogen and oxygen atoms in total. The summed E-state index contributed by atoms with van der Waals surface area (Å²) in [6.07, 6.45) is -2.28. The first kappa shape index (κ1) is 27.4. The normalized spacial score (nSPS) is 15.0. The topological polar surface area (TPSA) is 63.6 Å². The zero-order valence-electron chi connectivity index (χ0n) is 20.1. The molecule has 1 aliphatic heterocycles. The number of thiocarbonyl (C=S) groups is 1. The molecule has 202 valence electrons. The Morgan fingerprint density at radius 1 is 0.900 bits per heavy atom. The maximum Gasteiger partial charge on any atom is 0.418 e. The number of halogens is 5. The maximum absolute atomic E-state index is 13.9. The Bertz CT molecular complexity index is 1670. The first-order valence-electron chi connectivity index (χ1n) is 11.5. The van der Waals surface area contributed by atoms with Crippen molar-refractivity contribution in [2.45, 2.75) is 6.18 Å². The van der Waals surface area contributed by atoms with Crippen molar-refractivity contribution in [3.05, 3.63) is 112 Å². The van der Waals surface area contributed by atoms with Crippen molar-refractivity contribution in [1.82, 2.24) is 9.88 Å². The van der Waals surface area contributed by atoms with Crippen LogP contribution in [0.3, 0.4) is 0 Å². The van der Waals surface area contributed by atoms with Crippen LogP contribution in [0, 0.1) is 0 Å². The Balaban J connectivity index is 1.50. The molecular weight excluding hydrogens is 586 g/mol. The fourth-order valence-corrected chi connectivity index (χ4v) is 4.94. The van der Waals surface area contributed by atoms with Crippen LogP contribution in [0.1, 0.15) is 11.3 Å². The van der Waals surface area contributed by atoms with Crippen molar-refractivity contribution in [2.75, 3.05) is 4.90 Å². The summed E-state index contributed by atoms with van der Waals surface area (Å²) >= 11 is 17.3. The maximum atomic E-state index is 13.9. The number of para-hydroxylation sites is 1. The summed E-state index contributed by atoms with van der Waals surface area (Å²) in [5.41, 5.74) is -1.40. The summed E-state index contributed by atoms with van der Waals surface area (Å²) in [7, 11) is 0. The monoisotopic (exact) mass is 601 g/mol. The molecule has 1 saturated heterocycles. The van der Waals surface area contributed by atoms with Crippen LogP contribution < -0.4 is 15.0 Å². The number of ether oxygens (including phenoxy) is 1. The van der Waals surface area contributed by atoms with Crippen LogP contribution in [0.5, 0.6) is 11.5 Å². The van der Waals surface area contributed by atoms with E-state index in [1.54, 1.807) is 36.4 Å². The summed E-state index contributed by atoms with van der Waals surface area (Å²) in [4.78, 5) is 27.4.